The summed E-state index contributed by atoms with van der Waals surface area (Å²) in [6, 6.07) is 0.280. The zero-order valence-electron chi connectivity index (χ0n) is 12.8. The van der Waals surface area contributed by atoms with Crippen molar-refractivity contribution in [3.63, 3.8) is 0 Å². The summed E-state index contributed by atoms with van der Waals surface area (Å²) in [4.78, 5) is 18.4. The largest absolute Gasteiger partial charge is 0.353 e. The standard InChI is InChI=1S/C14H24N4O2/c1-10-15-12(20-17-10)9-18-7-5-11(6-8-18)16-13(19)14(2,3)4/h11H,5-9H2,1-4H3,(H,16,19). The molecular weight excluding hydrogens is 256 g/mol. The monoisotopic (exact) mass is 280 g/mol. The lowest BCUT2D eigenvalue weighted by Gasteiger charge is -2.32. The summed E-state index contributed by atoms with van der Waals surface area (Å²) >= 11 is 0. The molecule has 0 spiro atoms. The highest BCUT2D eigenvalue weighted by atomic mass is 16.5. The number of hydrogen-bond acceptors (Lipinski definition) is 5. The molecule has 1 saturated heterocycles. The first-order chi connectivity index (χ1) is 9.34. The van der Waals surface area contributed by atoms with E-state index in [2.05, 4.69) is 20.4 Å². The minimum absolute atomic E-state index is 0.128. The van der Waals surface area contributed by atoms with Crippen LogP contribution >= 0.6 is 0 Å². The van der Waals surface area contributed by atoms with Gasteiger partial charge >= 0.3 is 0 Å². The van der Waals surface area contributed by atoms with Gasteiger partial charge in [-0.2, -0.15) is 4.98 Å². The average molecular weight is 280 g/mol. The van der Waals surface area contributed by atoms with Crippen LogP contribution in [0, 0.1) is 12.3 Å². The first kappa shape index (κ1) is 15.0. The third-order valence-electron chi connectivity index (χ3n) is 3.53. The van der Waals surface area contributed by atoms with Gasteiger partial charge in [0.15, 0.2) is 5.82 Å². The fraction of sp³-hybridized carbons (Fsp3) is 0.786. The minimum atomic E-state index is -0.321. The molecule has 20 heavy (non-hydrogen) atoms. The van der Waals surface area contributed by atoms with Crippen molar-refractivity contribution in [1.82, 2.24) is 20.4 Å². The second-order valence-corrected chi connectivity index (χ2v) is 6.51. The molecule has 6 nitrogen and oxygen atoms in total. The van der Waals surface area contributed by atoms with Gasteiger partial charge in [-0.15, -0.1) is 0 Å². The summed E-state index contributed by atoms with van der Waals surface area (Å²) in [5.41, 5.74) is -0.321. The molecule has 1 aromatic heterocycles. The molecule has 0 aliphatic carbocycles. The van der Waals surface area contributed by atoms with Gasteiger partial charge in [0.1, 0.15) is 0 Å². The zero-order chi connectivity index (χ0) is 14.8. The van der Waals surface area contributed by atoms with Crippen molar-refractivity contribution in [3.05, 3.63) is 11.7 Å². The number of rotatable bonds is 3. The van der Waals surface area contributed by atoms with Crippen molar-refractivity contribution in [1.29, 1.82) is 0 Å². The van der Waals surface area contributed by atoms with Crippen LogP contribution in [0.15, 0.2) is 4.52 Å². The highest BCUT2D eigenvalue weighted by molar-refractivity contribution is 5.81. The van der Waals surface area contributed by atoms with Crippen LogP contribution in [-0.4, -0.2) is 40.1 Å². The quantitative estimate of drug-likeness (QED) is 0.908. The van der Waals surface area contributed by atoms with Crippen LogP contribution in [0.4, 0.5) is 0 Å². The molecule has 0 saturated carbocycles. The van der Waals surface area contributed by atoms with Crippen LogP contribution in [-0.2, 0) is 11.3 Å². The van der Waals surface area contributed by atoms with Crippen LogP contribution in [0.25, 0.3) is 0 Å². The van der Waals surface area contributed by atoms with Gasteiger partial charge in [0.25, 0.3) is 0 Å². The molecule has 0 atom stereocenters. The predicted octanol–water partition coefficient (Wildman–Crippen LogP) is 1.50. The molecule has 1 aromatic rings. The Morgan fingerprint density at radius 1 is 1.40 bits per heavy atom. The van der Waals surface area contributed by atoms with E-state index in [1.54, 1.807) is 0 Å². The number of nitrogens with zero attached hydrogens (tertiary/aromatic N) is 3. The number of nitrogens with one attached hydrogen (secondary N) is 1. The normalized spacial score (nSPS) is 18.2. The molecule has 0 bridgehead atoms. The third-order valence-corrected chi connectivity index (χ3v) is 3.53. The SMILES string of the molecule is Cc1noc(CN2CCC(NC(=O)C(C)(C)C)CC2)n1. The number of aryl methyl sites for hydroxylation is 1. The van der Waals surface area contributed by atoms with Gasteiger partial charge < -0.3 is 9.84 Å². The van der Waals surface area contributed by atoms with E-state index in [9.17, 15) is 4.79 Å². The van der Waals surface area contributed by atoms with Crippen LogP contribution in [0.5, 0.6) is 0 Å². The van der Waals surface area contributed by atoms with Crippen molar-refractivity contribution < 1.29 is 9.32 Å². The maximum Gasteiger partial charge on any atom is 0.240 e. The summed E-state index contributed by atoms with van der Waals surface area (Å²) in [7, 11) is 0. The number of carbonyl (C=O) groups excluding carboxylic acids is 1. The van der Waals surface area contributed by atoms with Crippen molar-refractivity contribution in [2.75, 3.05) is 13.1 Å². The molecule has 2 rings (SSSR count). The lowest BCUT2D eigenvalue weighted by Crippen LogP contribution is -2.47. The highest BCUT2D eigenvalue weighted by Crippen LogP contribution is 2.17. The fourth-order valence-corrected chi connectivity index (χ4v) is 2.23. The first-order valence-electron chi connectivity index (χ1n) is 7.17. The molecule has 112 valence electrons. The number of piperidine rings is 1. The lowest BCUT2D eigenvalue weighted by atomic mass is 9.94. The minimum Gasteiger partial charge on any atom is -0.353 e. The van der Waals surface area contributed by atoms with Crippen molar-refractivity contribution >= 4 is 5.91 Å². The number of hydrogen-bond donors (Lipinski definition) is 1. The summed E-state index contributed by atoms with van der Waals surface area (Å²) in [6.07, 6.45) is 1.93. The summed E-state index contributed by atoms with van der Waals surface area (Å²) < 4.78 is 5.13. The van der Waals surface area contributed by atoms with E-state index in [0.29, 0.717) is 18.3 Å². The molecule has 1 amide bonds. The van der Waals surface area contributed by atoms with Crippen LogP contribution < -0.4 is 5.32 Å². The molecule has 0 unspecified atom stereocenters. The maximum atomic E-state index is 12.0. The van der Waals surface area contributed by atoms with E-state index in [4.69, 9.17) is 4.52 Å². The molecule has 6 heteroatoms. The van der Waals surface area contributed by atoms with Crippen LogP contribution in [0.3, 0.4) is 0 Å². The van der Waals surface area contributed by atoms with Gasteiger partial charge in [-0.3, -0.25) is 9.69 Å². The van der Waals surface area contributed by atoms with Gasteiger partial charge in [-0.1, -0.05) is 25.9 Å². The average Bonchev–Trinajstić information content (AvgIpc) is 2.76. The van der Waals surface area contributed by atoms with E-state index < -0.39 is 0 Å². The second-order valence-electron chi connectivity index (χ2n) is 6.51. The van der Waals surface area contributed by atoms with Gasteiger partial charge in [-0.05, 0) is 19.8 Å². The zero-order valence-corrected chi connectivity index (χ0v) is 12.8. The van der Waals surface area contributed by atoms with Gasteiger partial charge in [0, 0.05) is 24.5 Å². The smallest absolute Gasteiger partial charge is 0.240 e. The number of carbonyl (C=O) groups is 1. The Kier molecular flexibility index (Phi) is 4.42. The van der Waals surface area contributed by atoms with Crippen LogP contribution in [0.1, 0.15) is 45.3 Å². The summed E-state index contributed by atoms with van der Waals surface area (Å²) in [6.45, 7) is 10.2. The molecule has 1 fully saturated rings. The molecule has 1 aliphatic rings. The van der Waals surface area contributed by atoms with E-state index in [0.717, 1.165) is 25.9 Å². The van der Waals surface area contributed by atoms with E-state index in [1.165, 1.54) is 0 Å². The second kappa shape index (κ2) is 5.91. The molecule has 1 N–H and O–H groups in total. The van der Waals surface area contributed by atoms with Crippen molar-refractivity contribution in [2.45, 2.75) is 53.1 Å². The first-order valence-corrected chi connectivity index (χ1v) is 7.17. The number of aromatic nitrogens is 2. The molecular formula is C14H24N4O2. The molecule has 1 aliphatic heterocycles. The Hall–Kier alpha value is -1.43. The van der Waals surface area contributed by atoms with Crippen molar-refractivity contribution in [2.24, 2.45) is 5.41 Å². The highest BCUT2D eigenvalue weighted by Gasteiger charge is 2.26. The van der Waals surface area contributed by atoms with E-state index in [1.807, 2.05) is 27.7 Å². The predicted molar refractivity (Wildman–Crippen MR) is 74.9 cm³/mol. The lowest BCUT2D eigenvalue weighted by molar-refractivity contribution is -0.129. The van der Waals surface area contributed by atoms with E-state index in [-0.39, 0.29) is 17.4 Å². The Balaban J connectivity index is 1.76. The maximum absolute atomic E-state index is 12.0. The van der Waals surface area contributed by atoms with Crippen molar-refractivity contribution in [3.8, 4) is 0 Å². The Morgan fingerprint density at radius 3 is 2.55 bits per heavy atom. The third kappa shape index (κ3) is 4.03. The fourth-order valence-electron chi connectivity index (χ4n) is 2.23. The summed E-state index contributed by atoms with van der Waals surface area (Å²) in [5.74, 6) is 1.47. The van der Waals surface area contributed by atoms with Crippen LogP contribution in [0.2, 0.25) is 0 Å². The van der Waals surface area contributed by atoms with Gasteiger partial charge in [0.2, 0.25) is 11.8 Å². The van der Waals surface area contributed by atoms with Gasteiger partial charge in [-0.25, -0.2) is 0 Å². The number of likely N-dealkylation sites (tertiary alicyclic amines) is 1. The Labute approximate surface area is 119 Å². The topological polar surface area (TPSA) is 71.3 Å². The number of amides is 1. The molecule has 0 radical (unpaired) electrons. The molecule has 0 aromatic carbocycles. The molecule has 2 heterocycles. The Bertz CT molecular complexity index is 456. The van der Waals surface area contributed by atoms with Gasteiger partial charge in [0.05, 0.1) is 6.54 Å². The van der Waals surface area contributed by atoms with E-state index >= 15 is 0 Å². The Morgan fingerprint density at radius 2 is 2.05 bits per heavy atom. The summed E-state index contributed by atoms with van der Waals surface area (Å²) in [5, 5.41) is 6.92.